The molecule has 1 aromatic rings. The lowest BCUT2D eigenvalue weighted by molar-refractivity contribution is -0.137. The van der Waals surface area contributed by atoms with Crippen LogP contribution in [-0.2, 0) is 25.3 Å². The molecule has 0 bridgehead atoms. The molecule has 5 heteroatoms. The number of rotatable bonds is 13. The van der Waals surface area contributed by atoms with Gasteiger partial charge in [0, 0.05) is 6.08 Å². The van der Waals surface area contributed by atoms with Gasteiger partial charge in [-0.25, -0.2) is 4.79 Å². The Morgan fingerprint density at radius 2 is 1.76 bits per heavy atom. The highest BCUT2D eigenvalue weighted by Gasteiger charge is 2.42. The number of ether oxygens (including phenoxy) is 2. The predicted molar refractivity (Wildman–Crippen MR) is 141 cm³/mol. The quantitative estimate of drug-likeness (QED) is 0.129. The second-order valence-electron chi connectivity index (χ2n) is 10.6. The first-order valence-corrected chi connectivity index (χ1v) is 15.1. The maximum absolute atomic E-state index is 12.1. The van der Waals surface area contributed by atoms with E-state index in [1.54, 1.807) is 0 Å². The Kier molecular flexibility index (Phi) is 12.3. The number of benzene rings is 1. The predicted octanol–water partition coefficient (Wildman–Crippen LogP) is 7.46. The molecule has 0 saturated heterocycles. The van der Waals surface area contributed by atoms with Gasteiger partial charge < -0.3 is 13.9 Å². The fourth-order valence-electron chi connectivity index (χ4n) is 3.21. The van der Waals surface area contributed by atoms with Crippen LogP contribution < -0.4 is 0 Å². The first kappa shape index (κ1) is 29.3. The molecule has 0 aliphatic heterocycles. The molecule has 0 unspecified atom stereocenters. The van der Waals surface area contributed by atoms with Crippen LogP contribution in [0, 0.1) is 5.92 Å². The lowest BCUT2D eigenvalue weighted by Crippen LogP contribution is -2.49. The molecule has 0 saturated carbocycles. The van der Waals surface area contributed by atoms with Crippen molar-refractivity contribution >= 4 is 14.3 Å². The van der Waals surface area contributed by atoms with Crippen LogP contribution in [0.25, 0.3) is 0 Å². The summed E-state index contributed by atoms with van der Waals surface area (Å²) in [6, 6.07) is 10.1. The number of esters is 1. The summed E-state index contributed by atoms with van der Waals surface area (Å²) < 4.78 is 18.5. The fraction of sp³-hybridized carbons (Fsp3) is 0.607. The summed E-state index contributed by atoms with van der Waals surface area (Å²) in [5.41, 5.74) is 2.42. The molecule has 33 heavy (non-hydrogen) atoms. The normalized spacial score (nSPS) is 15.2. The molecule has 0 aliphatic rings. The van der Waals surface area contributed by atoms with E-state index in [1.165, 1.54) is 11.6 Å². The van der Waals surface area contributed by atoms with Crippen molar-refractivity contribution in [3.63, 3.8) is 0 Å². The molecule has 0 fully saturated rings. The van der Waals surface area contributed by atoms with E-state index in [2.05, 4.69) is 60.7 Å². The minimum Gasteiger partial charge on any atom is -0.463 e. The minimum atomic E-state index is -2.08. The molecular formula is C28H46O4Si. The van der Waals surface area contributed by atoms with Crippen molar-refractivity contribution in [3.05, 3.63) is 59.7 Å². The molecule has 0 heterocycles. The lowest BCUT2D eigenvalue weighted by Gasteiger charge is -2.43. The number of hydrogen-bond acceptors (Lipinski definition) is 4. The van der Waals surface area contributed by atoms with Crippen LogP contribution in [0.2, 0.25) is 18.1 Å². The van der Waals surface area contributed by atoms with Crippen LogP contribution in [0.1, 0.15) is 66.9 Å². The Hall–Kier alpha value is -1.69. The molecule has 1 aromatic carbocycles. The zero-order chi connectivity index (χ0) is 25.1. The Balaban J connectivity index is 3.24. The first-order valence-electron chi connectivity index (χ1n) is 12.2. The van der Waals surface area contributed by atoms with Gasteiger partial charge in [0.1, 0.15) is 6.10 Å². The van der Waals surface area contributed by atoms with Gasteiger partial charge in [-0.05, 0) is 69.3 Å². The molecule has 0 aromatic heterocycles. The zero-order valence-corrected chi connectivity index (χ0v) is 23.3. The van der Waals surface area contributed by atoms with Crippen molar-refractivity contribution in [1.82, 2.24) is 0 Å². The van der Waals surface area contributed by atoms with E-state index in [1.807, 2.05) is 43.3 Å². The number of carbonyl (C=O) groups excluding carboxylic acids is 1. The van der Waals surface area contributed by atoms with Crippen LogP contribution in [-0.4, -0.2) is 33.1 Å². The summed E-state index contributed by atoms with van der Waals surface area (Å²) in [5, 5.41) is 0.0692. The highest BCUT2D eigenvalue weighted by molar-refractivity contribution is 6.74. The van der Waals surface area contributed by atoms with Gasteiger partial charge in [-0.1, -0.05) is 69.7 Å². The summed E-state index contributed by atoms with van der Waals surface area (Å²) in [6.07, 6.45) is 7.06. The van der Waals surface area contributed by atoms with E-state index in [9.17, 15) is 4.79 Å². The largest absolute Gasteiger partial charge is 0.463 e. The summed E-state index contributed by atoms with van der Waals surface area (Å²) in [7, 11) is -2.08. The van der Waals surface area contributed by atoms with Gasteiger partial charge in [-0.3, -0.25) is 0 Å². The summed E-state index contributed by atoms with van der Waals surface area (Å²) in [5.74, 6) is -0.101. The Morgan fingerprint density at radius 3 is 2.30 bits per heavy atom. The standard InChI is InChI=1S/C28H46O4Si/c1-10-30-26(29)20-19-25(31-21-24-17-12-11-13-18-24)27(23(4)16-14-15-22(2)3)32-33(8,9)28(5,6)7/h11-13,15,17-20,23,25,27H,10,14,16,21H2,1-9H3/b20-19+/t23-,25-,27-/m1/s1. The van der Waals surface area contributed by atoms with Gasteiger partial charge in [0.05, 0.1) is 19.3 Å². The third-order valence-corrected chi connectivity index (χ3v) is 10.8. The lowest BCUT2D eigenvalue weighted by atomic mass is 9.94. The molecule has 0 N–H and O–H groups in total. The van der Waals surface area contributed by atoms with Gasteiger partial charge in [0.15, 0.2) is 8.32 Å². The second kappa shape index (κ2) is 13.9. The smallest absolute Gasteiger partial charge is 0.330 e. The SMILES string of the molecule is CCOC(=O)/C=C/[C@@H](OCc1ccccc1)[C@H](O[Si](C)(C)C(C)(C)C)[C@H](C)CCC=C(C)C. The average Bonchev–Trinajstić information content (AvgIpc) is 2.72. The Morgan fingerprint density at radius 1 is 1.12 bits per heavy atom. The van der Waals surface area contributed by atoms with Crippen LogP contribution in [0.5, 0.6) is 0 Å². The van der Waals surface area contributed by atoms with E-state index in [0.717, 1.165) is 18.4 Å². The summed E-state index contributed by atoms with van der Waals surface area (Å²) >= 11 is 0. The number of allylic oxidation sites excluding steroid dienone is 2. The molecule has 4 nitrogen and oxygen atoms in total. The van der Waals surface area contributed by atoms with Crippen LogP contribution in [0.15, 0.2) is 54.1 Å². The van der Waals surface area contributed by atoms with E-state index in [4.69, 9.17) is 13.9 Å². The van der Waals surface area contributed by atoms with Gasteiger partial charge in [-0.2, -0.15) is 0 Å². The Bertz CT molecular complexity index is 758. The number of hydrogen-bond donors (Lipinski definition) is 0. The molecule has 186 valence electrons. The highest BCUT2D eigenvalue weighted by Crippen LogP contribution is 2.39. The first-order chi connectivity index (χ1) is 15.4. The third-order valence-electron chi connectivity index (χ3n) is 6.29. The average molecular weight is 475 g/mol. The molecule has 0 amide bonds. The van der Waals surface area contributed by atoms with Gasteiger partial charge in [0.2, 0.25) is 0 Å². The van der Waals surface area contributed by atoms with Crippen molar-refractivity contribution in [2.45, 2.75) is 98.3 Å². The third kappa shape index (κ3) is 10.9. The second-order valence-corrected chi connectivity index (χ2v) is 15.3. The maximum Gasteiger partial charge on any atom is 0.330 e. The monoisotopic (exact) mass is 474 g/mol. The molecule has 0 radical (unpaired) electrons. The molecule has 0 aliphatic carbocycles. The summed E-state index contributed by atoms with van der Waals surface area (Å²) in [4.78, 5) is 12.1. The zero-order valence-electron chi connectivity index (χ0n) is 22.3. The topological polar surface area (TPSA) is 44.8 Å². The molecule has 3 atom stereocenters. The van der Waals surface area contributed by atoms with Crippen LogP contribution >= 0.6 is 0 Å². The van der Waals surface area contributed by atoms with Crippen LogP contribution in [0.3, 0.4) is 0 Å². The van der Waals surface area contributed by atoms with E-state index in [0.29, 0.717) is 13.2 Å². The van der Waals surface area contributed by atoms with Gasteiger partial charge >= 0.3 is 5.97 Å². The van der Waals surface area contributed by atoms with Crippen molar-refractivity contribution in [3.8, 4) is 0 Å². The van der Waals surface area contributed by atoms with E-state index >= 15 is 0 Å². The molecule has 1 rings (SSSR count). The van der Waals surface area contributed by atoms with Crippen molar-refractivity contribution < 1.29 is 18.7 Å². The van der Waals surface area contributed by atoms with Crippen LogP contribution in [0.4, 0.5) is 0 Å². The van der Waals surface area contributed by atoms with E-state index in [-0.39, 0.29) is 29.1 Å². The van der Waals surface area contributed by atoms with Crippen molar-refractivity contribution in [1.29, 1.82) is 0 Å². The van der Waals surface area contributed by atoms with E-state index < -0.39 is 8.32 Å². The summed E-state index contributed by atoms with van der Waals surface area (Å²) in [6.45, 7) is 20.4. The van der Waals surface area contributed by atoms with Crippen molar-refractivity contribution in [2.24, 2.45) is 5.92 Å². The molecule has 0 spiro atoms. The van der Waals surface area contributed by atoms with Crippen molar-refractivity contribution in [2.75, 3.05) is 6.61 Å². The maximum atomic E-state index is 12.1. The fourth-order valence-corrected chi connectivity index (χ4v) is 4.61. The Labute approximate surface area is 203 Å². The minimum absolute atomic E-state index is 0.0692. The number of carbonyl (C=O) groups is 1. The molecular weight excluding hydrogens is 428 g/mol. The van der Waals surface area contributed by atoms with Gasteiger partial charge in [-0.15, -0.1) is 0 Å². The highest BCUT2D eigenvalue weighted by atomic mass is 28.4. The van der Waals surface area contributed by atoms with Gasteiger partial charge in [0.25, 0.3) is 0 Å².